The molecule has 1 fully saturated rings. The van der Waals surface area contributed by atoms with Crippen LogP contribution < -0.4 is 0 Å². The number of methoxy groups -OCH3 is 1. The maximum absolute atomic E-state index is 11.8. The first-order valence-electron chi connectivity index (χ1n) is 5.45. The number of nitrogens with zero attached hydrogens (tertiary/aromatic N) is 2. The Kier molecular flexibility index (Phi) is 4.91. The Bertz CT molecular complexity index is 337. The van der Waals surface area contributed by atoms with Crippen molar-refractivity contribution in [3.8, 4) is 6.07 Å². The van der Waals surface area contributed by atoms with Gasteiger partial charge in [-0.25, -0.2) is 0 Å². The maximum atomic E-state index is 11.8. The maximum Gasteiger partial charge on any atom is 0.308 e. The number of hydrogen-bond acceptors (Lipinski definition) is 5. The second kappa shape index (κ2) is 6.21. The second-order valence-corrected chi connectivity index (χ2v) is 3.91. The molecule has 1 aliphatic heterocycles. The Morgan fingerprint density at radius 2 is 2.35 bits per heavy atom. The molecule has 0 bridgehead atoms. The van der Waals surface area contributed by atoms with E-state index < -0.39 is 5.92 Å². The summed E-state index contributed by atoms with van der Waals surface area (Å²) in [5.74, 6) is -1.24. The lowest BCUT2D eigenvalue weighted by atomic mass is 10.1. The van der Waals surface area contributed by atoms with Crippen LogP contribution >= 0.6 is 0 Å². The van der Waals surface area contributed by atoms with Gasteiger partial charge in [0, 0.05) is 13.1 Å². The molecule has 1 aliphatic rings. The summed E-state index contributed by atoms with van der Waals surface area (Å²) in [7, 11) is 1.31. The van der Waals surface area contributed by atoms with Crippen molar-refractivity contribution in [1.82, 2.24) is 4.90 Å². The van der Waals surface area contributed by atoms with Gasteiger partial charge in [0.25, 0.3) is 0 Å². The number of nitriles is 1. The van der Waals surface area contributed by atoms with Crippen LogP contribution in [0.1, 0.15) is 13.3 Å². The molecule has 0 spiro atoms. The van der Waals surface area contributed by atoms with E-state index in [0.29, 0.717) is 19.7 Å². The summed E-state index contributed by atoms with van der Waals surface area (Å²) in [6.07, 6.45) is -0.215. The third kappa shape index (κ3) is 3.71. The highest BCUT2D eigenvalue weighted by atomic mass is 16.5. The molecule has 1 rings (SSSR count). The number of hydrogen-bond donors (Lipinski definition) is 0. The van der Waals surface area contributed by atoms with Crippen LogP contribution in [0.5, 0.6) is 0 Å². The Balaban J connectivity index is 2.52. The molecule has 0 aromatic heterocycles. The lowest BCUT2D eigenvalue weighted by molar-refractivity contribution is -0.150. The standard InChI is InChI=1S/C11H16N2O4/c1-8(6-12)11(15)13-3-4-17-9(7-13)5-10(14)16-2/h8-9H,3-5,7H2,1-2H3. The molecular formula is C11H16N2O4. The average molecular weight is 240 g/mol. The van der Waals surface area contributed by atoms with Gasteiger partial charge in [-0.3, -0.25) is 9.59 Å². The number of rotatable bonds is 3. The molecule has 1 heterocycles. The highest BCUT2D eigenvalue weighted by Crippen LogP contribution is 2.12. The highest BCUT2D eigenvalue weighted by molar-refractivity contribution is 5.81. The van der Waals surface area contributed by atoms with Gasteiger partial charge in [0.2, 0.25) is 5.91 Å². The fourth-order valence-electron chi connectivity index (χ4n) is 1.64. The average Bonchev–Trinajstić information content (AvgIpc) is 2.37. The molecule has 0 saturated carbocycles. The molecule has 0 aromatic carbocycles. The number of ether oxygens (including phenoxy) is 2. The van der Waals surface area contributed by atoms with E-state index >= 15 is 0 Å². The fraction of sp³-hybridized carbons (Fsp3) is 0.727. The van der Waals surface area contributed by atoms with Crippen molar-refractivity contribution in [2.24, 2.45) is 5.92 Å². The first-order chi connectivity index (χ1) is 8.08. The van der Waals surface area contributed by atoms with E-state index in [4.69, 9.17) is 10.00 Å². The van der Waals surface area contributed by atoms with Crippen molar-refractivity contribution in [3.63, 3.8) is 0 Å². The predicted octanol–water partition coefficient (Wildman–Crippen LogP) is -0.0634. The molecule has 6 nitrogen and oxygen atoms in total. The van der Waals surface area contributed by atoms with Crippen molar-refractivity contribution in [2.45, 2.75) is 19.4 Å². The normalized spacial score (nSPS) is 21.5. The van der Waals surface area contributed by atoms with E-state index in [1.807, 2.05) is 6.07 Å². The highest BCUT2D eigenvalue weighted by Gasteiger charge is 2.28. The van der Waals surface area contributed by atoms with Gasteiger partial charge in [0.05, 0.1) is 32.3 Å². The van der Waals surface area contributed by atoms with Crippen LogP contribution in [-0.4, -0.2) is 49.7 Å². The summed E-state index contributed by atoms with van der Waals surface area (Å²) in [5, 5.41) is 8.68. The Morgan fingerprint density at radius 1 is 1.65 bits per heavy atom. The third-order valence-corrected chi connectivity index (χ3v) is 2.64. The Morgan fingerprint density at radius 3 is 2.94 bits per heavy atom. The summed E-state index contributed by atoms with van der Waals surface area (Å²) >= 11 is 0. The lowest BCUT2D eigenvalue weighted by Gasteiger charge is -2.33. The number of morpholine rings is 1. The summed E-state index contributed by atoms with van der Waals surface area (Å²) in [6, 6.07) is 1.91. The van der Waals surface area contributed by atoms with Crippen LogP contribution in [-0.2, 0) is 19.1 Å². The Hall–Kier alpha value is -1.61. The first-order valence-corrected chi connectivity index (χ1v) is 5.45. The molecule has 2 atom stereocenters. The summed E-state index contributed by atoms with van der Waals surface area (Å²) in [4.78, 5) is 24.4. The van der Waals surface area contributed by atoms with E-state index in [-0.39, 0.29) is 24.4 Å². The fourth-order valence-corrected chi connectivity index (χ4v) is 1.64. The van der Waals surface area contributed by atoms with Gasteiger partial charge >= 0.3 is 5.97 Å². The molecule has 17 heavy (non-hydrogen) atoms. The van der Waals surface area contributed by atoms with Gasteiger partial charge in [0.1, 0.15) is 5.92 Å². The van der Waals surface area contributed by atoms with Gasteiger partial charge in [-0.15, -0.1) is 0 Å². The topological polar surface area (TPSA) is 79.6 Å². The molecule has 0 aromatic rings. The van der Waals surface area contributed by atoms with E-state index in [2.05, 4.69) is 4.74 Å². The molecule has 1 saturated heterocycles. The Labute approximate surface area is 100 Å². The molecule has 6 heteroatoms. The van der Waals surface area contributed by atoms with E-state index in [0.717, 1.165) is 0 Å². The lowest BCUT2D eigenvalue weighted by Crippen LogP contribution is -2.47. The minimum Gasteiger partial charge on any atom is -0.469 e. The van der Waals surface area contributed by atoms with Crippen LogP contribution in [0.25, 0.3) is 0 Å². The quantitative estimate of drug-likeness (QED) is 0.645. The molecule has 1 amide bonds. The van der Waals surface area contributed by atoms with Gasteiger partial charge in [-0.1, -0.05) is 0 Å². The number of carbonyl (C=O) groups excluding carboxylic acids is 2. The zero-order valence-corrected chi connectivity index (χ0v) is 10.0. The molecule has 2 unspecified atom stereocenters. The van der Waals surface area contributed by atoms with Gasteiger partial charge in [-0.2, -0.15) is 5.26 Å². The summed E-state index contributed by atoms with van der Waals surface area (Å²) in [5.41, 5.74) is 0. The first kappa shape index (κ1) is 13.5. The molecule has 0 radical (unpaired) electrons. The predicted molar refractivity (Wildman–Crippen MR) is 57.7 cm³/mol. The van der Waals surface area contributed by atoms with Crippen molar-refractivity contribution >= 4 is 11.9 Å². The van der Waals surface area contributed by atoms with E-state index in [9.17, 15) is 9.59 Å². The molecule has 0 N–H and O–H groups in total. The van der Waals surface area contributed by atoms with Crippen LogP contribution in [0.3, 0.4) is 0 Å². The number of esters is 1. The number of carbonyl (C=O) groups is 2. The van der Waals surface area contributed by atoms with Crippen molar-refractivity contribution in [1.29, 1.82) is 5.26 Å². The molecular weight excluding hydrogens is 224 g/mol. The SMILES string of the molecule is COC(=O)CC1CN(C(=O)C(C)C#N)CCO1. The minimum atomic E-state index is -0.660. The van der Waals surface area contributed by atoms with Crippen LogP contribution in [0.4, 0.5) is 0 Å². The van der Waals surface area contributed by atoms with Gasteiger partial charge in [-0.05, 0) is 6.92 Å². The van der Waals surface area contributed by atoms with E-state index in [1.54, 1.807) is 11.8 Å². The van der Waals surface area contributed by atoms with Gasteiger partial charge < -0.3 is 14.4 Å². The molecule has 0 aliphatic carbocycles. The summed E-state index contributed by atoms with van der Waals surface area (Å²) < 4.78 is 9.91. The van der Waals surface area contributed by atoms with Crippen molar-refractivity contribution in [3.05, 3.63) is 0 Å². The van der Waals surface area contributed by atoms with E-state index in [1.165, 1.54) is 7.11 Å². The van der Waals surface area contributed by atoms with Crippen LogP contribution in [0.15, 0.2) is 0 Å². The molecule has 94 valence electrons. The zero-order valence-electron chi connectivity index (χ0n) is 10.0. The summed E-state index contributed by atoms with van der Waals surface area (Å²) in [6.45, 7) is 2.74. The smallest absolute Gasteiger partial charge is 0.308 e. The minimum absolute atomic E-state index is 0.126. The second-order valence-electron chi connectivity index (χ2n) is 3.91. The van der Waals surface area contributed by atoms with Crippen LogP contribution in [0.2, 0.25) is 0 Å². The van der Waals surface area contributed by atoms with Crippen LogP contribution in [0, 0.1) is 17.2 Å². The zero-order chi connectivity index (χ0) is 12.8. The van der Waals surface area contributed by atoms with Crippen molar-refractivity contribution in [2.75, 3.05) is 26.8 Å². The number of amides is 1. The largest absolute Gasteiger partial charge is 0.469 e. The third-order valence-electron chi connectivity index (χ3n) is 2.64. The van der Waals surface area contributed by atoms with Gasteiger partial charge in [0.15, 0.2) is 0 Å². The monoisotopic (exact) mass is 240 g/mol. The van der Waals surface area contributed by atoms with Crippen molar-refractivity contribution < 1.29 is 19.1 Å².